The molecule has 2 nitrogen and oxygen atoms in total. The molecule has 75 heavy (non-hydrogen) atoms. The van der Waals surface area contributed by atoms with Crippen LogP contribution in [0.1, 0.15) is 69.4 Å². The van der Waals surface area contributed by atoms with Gasteiger partial charge in [-0.05, 0) is 163 Å². The first-order valence-electron chi connectivity index (χ1n) is 26.3. The van der Waals surface area contributed by atoms with Gasteiger partial charge in [-0.25, -0.2) is 0 Å². The number of nitrogens with zero attached hydrogens (tertiary/aromatic N) is 2. The van der Waals surface area contributed by atoms with Crippen molar-refractivity contribution >= 4 is 74.5 Å². The Morgan fingerprint density at radius 1 is 0.333 bits per heavy atom. The summed E-state index contributed by atoms with van der Waals surface area (Å²) in [6.45, 7) is 20.4. The highest BCUT2D eigenvalue weighted by Crippen LogP contribution is 2.49. The van der Waals surface area contributed by atoms with Crippen LogP contribution in [0, 0.1) is 20.8 Å². The molecule has 4 heteroatoms. The summed E-state index contributed by atoms with van der Waals surface area (Å²) in [6.07, 6.45) is 0. The highest BCUT2D eigenvalue weighted by atomic mass is 35.5. The molecule has 0 aromatic heterocycles. The van der Waals surface area contributed by atoms with Crippen molar-refractivity contribution in [2.45, 2.75) is 73.1 Å². The number of anilines is 6. The first kappa shape index (κ1) is 50.8. The van der Waals surface area contributed by atoms with E-state index >= 15 is 0 Å². The molecule has 0 N–H and O–H groups in total. The third-order valence-electron chi connectivity index (χ3n) is 14.9. The molecule has 0 unspecified atom stereocenters. The van der Waals surface area contributed by atoms with Crippen LogP contribution in [0.2, 0.25) is 5.02 Å². The van der Waals surface area contributed by atoms with Crippen LogP contribution < -0.4 is 30.5 Å². The van der Waals surface area contributed by atoms with Crippen molar-refractivity contribution in [2.24, 2.45) is 0 Å². The van der Waals surface area contributed by atoms with Gasteiger partial charge in [-0.15, -0.1) is 0 Å². The van der Waals surface area contributed by atoms with Gasteiger partial charge in [-0.3, -0.25) is 0 Å². The van der Waals surface area contributed by atoms with E-state index in [0.29, 0.717) is 5.02 Å². The fourth-order valence-corrected chi connectivity index (χ4v) is 15.9. The van der Waals surface area contributed by atoms with Crippen molar-refractivity contribution in [1.29, 1.82) is 0 Å². The molecule has 0 atom stereocenters. The van der Waals surface area contributed by atoms with E-state index < -0.39 is 8.07 Å². The molecular weight excluding hydrogens is 944 g/mol. The van der Waals surface area contributed by atoms with Gasteiger partial charge < -0.3 is 9.80 Å². The minimum atomic E-state index is -2.82. The van der Waals surface area contributed by atoms with Crippen molar-refractivity contribution in [3.05, 3.63) is 275 Å². The lowest BCUT2D eigenvalue weighted by Crippen LogP contribution is -2.74. The van der Waals surface area contributed by atoms with Crippen molar-refractivity contribution in [1.82, 2.24) is 0 Å². The van der Waals surface area contributed by atoms with Gasteiger partial charge in [-0.1, -0.05) is 235 Å². The second-order valence-corrected chi connectivity index (χ2v) is 26.4. The van der Waals surface area contributed by atoms with E-state index in [4.69, 9.17) is 11.6 Å². The Labute approximate surface area is 452 Å². The van der Waals surface area contributed by atoms with Crippen LogP contribution in [0.15, 0.2) is 243 Å². The molecule has 0 spiro atoms. The van der Waals surface area contributed by atoms with Gasteiger partial charge in [0.2, 0.25) is 0 Å². The number of benzene rings is 10. The van der Waals surface area contributed by atoms with E-state index in [1.54, 1.807) is 0 Å². The lowest BCUT2D eigenvalue weighted by molar-refractivity contribution is 0.569. The molecule has 10 aromatic rings. The van der Waals surface area contributed by atoms with Crippen molar-refractivity contribution in [3.8, 4) is 22.3 Å². The summed E-state index contributed by atoms with van der Waals surface area (Å²) in [5.41, 5.74) is 16.4. The van der Waals surface area contributed by atoms with Crippen LogP contribution >= 0.6 is 11.6 Å². The monoisotopic (exact) mass is 1010 g/mol. The maximum absolute atomic E-state index is 8.26. The molecule has 0 heterocycles. The highest BCUT2D eigenvalue weighted by molar-refractivity contribution is 7.19. The standard InChI is InChI=1S/C71H67ClN2Si/c1-50-43-67(69(72)68(44-50)74(58-29-23-27-53(45-58)65-37-21-19-25-51(65)2)59-30-24-28-54(46-59)66-38-22-20-26-52(66)3)73(60-48-55(70(4,5)6)47-56(49-60)71(7,8)9)57-39-41-64(42-40-57)75(61-31-13-10-14-32-61,62-33-15-11-16-34-62)63-35-17-12-18-36-63/h10-49H,1-9H3. The molecule has 10 aromatic carbocycles. The lowest BCUT2D eigenvalue weighted by atomic mass is 9.80. The van der Waals surface area contributed by atoms with Gasteiger partial charge in [0.1, 0.15) is 0 Å². The minimum Gasteiger partial charge on any atom is -0.309 e. The Hall–Kier alpha value is -7.69. The van der Waals surface area contributed by atoms with E-state index in [1.165, 1.54) is 54.1 Å². The van der Waals surface area contributed by atoms with Crippen molar-refractivity contribution in [2.75, 3.05) is 9.80 Å². The average molecular weight is 1010 g/mol. The summed E-state index contributed by atoms with van der Waals surface area (Å²) < 4.78 is 0. The maximum atomic E-state index is 8.26. The Morgan fingerprint density at radius 2 is 0.707 bits per heavy atom. The summed E-state index contributed by atoms with van der Waals surface area (Å²) in [7, 11) is -2.82. The van der Waals surface area contributed by atoms with E-state index in [2.05, 4.69) is 315 Å². The second-order valence-electron chi connectivity index (χ2n) is 22.2. The molecule has 0 aliphatic carbocycles. The molecule has 0 aliphatic rings. The second kappa shape index (κ2) is 20.9. The zero-order valence-corrected chi connectivity index (χ0v) is 46.6. The Balaban J connectivity index is 1.23. The van der Waals surface area contributed by atoms with Crippen molar-refractivity contribution in [3.63, 3.8) is 0 Å². The zero-order valence-electron chi connectivity index (χ0n) is 44.9. The quantitative estimate of drug-likeness (QED) is 0.0889. The number of halogens is 1. The smallest absolute Gasteiger partial charge is 0.179 e. The number of hydrogen-bond acceptors (Lipinski definition) is 2. The summed E-state index contributed by atoms with van der Waals surface area (Å²) in [6, 6.07) is 89.6. The third kappa shape index (κ3) is 10.2. The van der Waals surface area contributed by atoms with Gasteiger partial charge >= 0.3 is 0 Å². The Kier molecular flexibility index (Phi) is 14.2. The Bertz CT molecular complexity index is 3390. The normalized spacial score (nSPS) is 11.9. The number of rotatable bonds is 12. The van der Waals surface area contributed by atoms with Gasteiger partial charge in [-0.2, -0.15) is 0 Å². The predicted molar refractivity (Wildman–Crippen MR) is 327 cm³/mol. The number of aryl methyl sites for hydroxylation is 3. The van der Waals surface area contributed by atoms with E-state index in [9.17, 15) is 0 Å². The molecule has 372 valence electrons. The molecular formula is C71H67ClN2Si. The van der Waals surface area contributed by atoms with Crippen LogP contribution in [-0.2, 0) is 10.8 Å². The van der Waals surface area contributed by atoms with E-state index in [0.717, 1.165) is 50.8 Å². The summed E-state index contributed by atoms with van der Waals surface area (Å²) in [5, 5.41) is 5.96. The molecule has 0 amide bonds. The fraction of sp³-hybridized carbons (Fsp3) is 0.155. The topological polar surface area (TPSA) is 6.48 Å². The SMILES string of the molecule is Cc1cc(N(c2cccc(-c3ccccc3C)c2)c2cccc(-c3ccccc3C)c2)c(Cl)c(N(c2ccc([Si](c3ccccc3)(c3ccccc3)c3ccccc3)cc2)c2cc(C(C)(C)C)cc(C(C)(C)C)c2)c1. The van der Waals surface area contributed by atoms with Gasteiger partial charge in [0.05, 0.1) is 16.4 Å². The molecule has 0 bridgehead atoms. The van der Waals surface area contributed by atoms with Crippen molar-refractivity contribution < 1.29 is 0 Å². The maximum Gasteiger partial charge on any atom is 0.179 e. The van der Waals surface area contributed by atoms with Gasteiger partial charge in [0.15, 0.2) is 8.07 Å². The van der Waals surface area contributed by atoms with Crippen LogP contribution in [0.5, 0.6) is 0 Å². The van der Waals surface area contributed by atoms with Gasteiger partial charge in [0.25, 0.3) is 0 Å². The molecule has 0 fully saturated rings. The van der Waals surface area contributed by atoms with Crippen LogP contribution in [0.4, 0.5) is 34.1 Å². The fourth-order valence-electron chi connectivity index (χ4n) is 10.9. The van der Waals surface area contributed by atoms with Crippen LogP contribution in [-0.4, -0.2) is 8.07 Å². The van der Waals surface area contributed by atoms with Crippen LogP contribution in [0.3, 0.4) is 0 Å². The van der Waals surface area contributed by atoms with Gasteiger partial charge in [0, 0.05) is 22.7 Å². The summed E-state index contributed by atoms with van der Waals surface area (Å²) in [5.74, 6) is 0. The predicted octanol–water partition coefficient (Wildman–Crippen LogP) is 17.5. The average Bonchev–Trinajstić information content (AvgIpc) is 3.45. The Morgan fingerprint density at radius 3 is 1.11 bits per heavy atom. The molecule has 0 saturated carbocycles. The number of hydrogen-bond donors (Lipinski definition) is 0. The zero-order chi connectivity index (χ0) is 52.5. The minimum absolute atomic E-state index is 0.125. The van der Waals surface area contributed by atoms with Crippen LogP contribution in [0.25, 0.3) is 22.3 Å². The summed E-state index contributed by atoms with van der Waals surface area (Å²) in [4.78, 5) is 4.77. The van der Waals surface area contributed by atoms with E-state index in [-0.39, 0.29) is 10.8 Å². The largest absolute Gasteiger partial charge is 0.309 e. The highest BCUT2D eigenvalue weighted by Gasteiger charge is 2.41. The lowest BCUT2D eigenvalue weighted by Gasteiger charge is -2.36. The summed E-state index contributed by atoms with van der Waals surface area (Å²) >= 11 is 8.26. The molecule has 10 rings (SSSR count). The first-order valence-corrected chi connectivity index (χ1v) is 28.6. The third-order valence-corrected chi connectivity index (χ3v) is 20.1. The van der Waals surface area contributed by atoms with E-state index in [1.807, 2.05) is 0 Å². The molecule has 0 radical (unpaired) electrons. The molecule has 0 saturated heterocycles. The molecule has 0 aliphatic heterocycles. The first-order chi connectivity index (χ1) is 36.1.